The van der Waals surface area contributed by atoms with Crippen LogP contribution in [0.4, 0.5) is 4.79 Å². The van der Waals surface area contributed by atoms with Gasteiger partial charge in [-0.15, -0.1) is 0 Å². The Balaban J connectivity index is 2.88. The quantitative estimate of drug-likeness (QED) is 0.309. The van der Waals surface area contributed by atoms with Gasteiger partial charge >= 0.3 is 12.1 Å². The molecule has 0 bridgehead atoms. The van der Waals surface area contributed by atoms with Gasteiger partial charge < -0.3 is 33.7 Å². The van der Waals surface area contributed by atoms with Gasteiger partial charge in [-0.3, -0.25) is 0 Å². The maximum atomic E-state index is 12.5. The summed E-state index contributed by atoms with van der Waals surface area (Å²) < 4.78 is 31.5. The number of methoxy groups -OCH3 is 2. The summed E-state index contributed by atoms with van der Waals surface area (Å²) in [7, 11) is 3.04. The van der Waals surface area contributed by atoms with Crippen LogP contribution in [0.5, 0.6) is 5.75 Å². The third kappa shape index (κ3) is 9.43. The van der Waals surface area contributed by atoms with Crippen molar-refractivity contribution in [3.05, 3.63) is 29.8 Å². The molecule has 0 aliphatic carbocycles. The number of carbonyl (C=O) groups excluding carboxylic acids is 2. The number of hydrogen-bond donors (Lipinski definition) is 1. The van der Waals surface area contributed by atoms with Crippen LogP contribution in [0.1, 0.15) is 39.4 Å². The lowest BCUT2D eigenvalue weighted by molar-refractivity contribution is -0.149. The Labute approximate surface area is 177 Å². The average Bonchev–Trinajstić information content (AvgIpc) is 2.67. The van der Waals surface area contributed by atoms with Gasteiger partial charge in [0.05, 0.1) is 19.8 Å². The molecule has 1 amide bonds. The van der Waals surface area contributed by atoms with Crippen LogP contribution in [0.15, 0.2) is 24.3 Å². The monoisotopic (exact) mass is 427 g/mol. The first-order chi connectivity index (χ1) is 14.2. The summed E-state index contributed by atoms with van der Waals surface area (Å²) in [5.74, 6) is -0.0408. The van der Waals surface area contributed by atoms with Crippen LogP contribution in [0.25, 0.3) is 0 Å². The number of nitrogens with one attached hydrogen (secondary N) is 1. The molecule has 1 rings (SSSR count). The van der Waals surface area contributed by atoms with Crippen LogP contribution in [0.2, 0.25) is 0 Å². The van der Waals surface area contributed by atoms with Crippen LogP contribution in [-0.2, 0) is 28.5 Å². The highest BCUT2D eigenvalue weighted by molar-refractivity contribution is 5.82. The molecule has 0 saturated carbocycles. The zero-order chi connectivity index (χ0) is 22.6. The minimum Gasteiger partial charge on any atom is -0.468 e. The van der Waals surface area contributed by atoms with Gasteiger partial charge in [0.1, 0.15) is 17.5 Å². The van der Waals surface area contributed by atoms with Crippen LogP contribution in [0.3, 0.4) is 0 Å². The van der Waals surface area contributed by atoms with Crippen molar-refractivity contribution in [2.45, 2.75) is 45.4 Å². The third-order valence-electron chi connectivity index (χ3n) is 3.72. The maximum Gasteiger partial charge on any atom is 0.408 e. The van der Waals surface area contributed by atoms with Gasteiger partial charge in [-0.25, -0.2) is 9.59 Å². The Kier molecular flexibility index (Phi) is 11.2. The molecule has 0 aromatic heterocycles. The molecule has 9 nitrogen and oxygen atoms in total. The standard InChI is InChI=1S/C21H33NO8/c1-7-28-19(23)17(22-20(24)30-21(2,3)4)18(26-6)15-8-10-16(11-9-15)29-14-27-13-12-25-5/h8-11,17-18H,7,12-14H2,1-6H3,(H,22,24)/t17-,18-/m0/s1. The lowest BCUT2D eigenvalue weighted by atomic mass is 10.0. The molecule has 0 spiro atoms. The zero-order valence-corrected chi connectivity index (χ0v) is 18.6. The van der Waals surface area contributed by atoms with Gasteiger partial charge in [0.2, 0.25) is 0 Å². The molecule has 0 heterocycles. The second-order valence-electron chi connectivity index (χ2n) is 7.26. The van der Waals surface area contributed by atoms with E-state index in [0.29, 0.717) is 24.5 Å². The van der Waals surface area contributed by atoms with Crippen LogP contribution in [-0.4, -0.2) is 64.5 Å². The molecule has 0 aliphatic heterocycles. The minimum atomic E-state index is -1.09. The Morgan fingerprint density at radius 3 is 2.27 bits per heavy atom. The van der Waals surface area contributed by atoms with Crippen molar-refractivity contribution in [3.63, 3.8) is 0 Å². The number of alkyl carbamates (subject to hydrolysis) is 1. The average molecular weight is 427 g/mol. The van der Waals surface area contributed by atoms with Crippen LogP contribution < -0.4 is 10.1 Å². The predicted molar refractivity (Wildman–Crippen MR) is 109 cm³/mol. The smallest absolute Gasteiger partial charge is 0.408 e. The molecule has 9 heteroatoms. The van der Waals surface area contributed by atoms with Crippen molar-refractivity contribution in [1.29, 1.82) is 0 Å². The summed E-state index contributed by atoms with van der Waals surface area (Å²) >= 11 is 0. The highest BCUT2D eigenvalue weighted by atomic mass is 16.7. The zero-order valence-electron chi connectivity index (χ0n) is 18.6. The molecule has 30 heavy (non-hydrogen) atoms. The molecule has 1 N–H and O–H groups in total. The van der Waals surface area contributed by atoms with E-state index in [-0.39, 0.29) is 13.4 Å². The van der Waals surface area contributed by atoms with E-state index < -0.39 is 29.8 Å². The molecule has 0 aliphatic rings. The highest BCUT2D eigenvalue weighted by Gasteiger charge is 2.34. The summed E-state index contributed by atoms with van der Waals surface area (Å²) in [4.78, 5) is 24.7. The molecular weight excluding hydrogens is 394 g/mol. The topological polar surface area (TPSA) is 102 Å². The van der Waals surface area contributed by atoms with Gasteiger partial charge in [0.25, 0.3) is 0 Å². The van der Waals surface area contributed by atoms with Gasteiger partial charge in [-0.05, 0) is 45.4 Å². The van der Waals surface area contributed by atoms with Crippen molar-refractivity contribution in [3.8, 4) is 5.75 Å². The van der Waals surface area contributed by atoms with E-state index in [9.17, 15) is 9.59 Å². The molecule has 0 fully saturated rings. The van der Waals surface area contributed by atoms with Crippen molar-refractivity contribution >= 4 is 12.1 Å². The van der Waals surface area contributed by atoms with Crippen molar-refractivity contribution in [1.82, 2.24) is 5.32 Å². The summed E-state index contributed by atoms with van der Waals surface area (Å²) in [5, 5.41) is 2.55. The van der Waals surface area contributed by atoms with Crippen molar-refractivity contribution < 1.29 is 38.0 Å². The SMILES string of the molecule is CCOC(=O)[C@@H](NC(=O)OC(C)(C)C)[C@@H](OC)c1ccc(OCOCCOC)cc1. The normalized spacial score (nSPS) is 13.3. The van der Waals surface area contributed by atoms with E-state index in [1.54, 1.807) is 59.1 Å². The number of ether oxygens (including phenoxy) is 6. The van der Waals surface area contributed by atoms with Crippen molar-refractivity contribution in [2.24, 2.45) is 0 Å². The van der Waals surface area contributed by atoms with E-state index in [2.05, 4.69) is 5.32 Å². The number of rotatable bonds is 12. The fraction of sp³-hybridized carbons (Fsp3) is 0.619. The first kappa shape index (κ1) is 25.7. The van der Waals surface area contributed by atoms with E-state index in [1.807, 2.05) is 0 Å². The Hall–Kier alpha value is -2.36. The Bertz CT molecular complexity index is 641. The van der Waals surface area contributed by atoms with Gasteiger partial charge in [-0.1, -0.05) is 12.1 Å². The number of esters is 1. The Morgan fingerprint density at radius 1 is 1.07 bits per heavy atom. The number of hydrogen-bond acceptors (Lipinski definition) is 8. The minimum absolute atomic E-state index is 0.0854. The second-order valence-corrected chi connectivity index (χ2v) is 7.26. The molecule has 0 unspecified atom stereocenters. The van der Waals surface area contributed by atoms with E-state index in [1.165, 1.54) is 7.11 Å². The van der Waals surface area contributed by atoms with Crippen LogP contribution in [0, 0.1) is 0 Å². The largest absolute Gasteiger partial charge is 0.468 e. The van der Waals surface area contributed by atoms with E-state index >= 15 is 0 Å². The van der Waals surface area contributed by atoms with E-state index in [0.717, 1.165) is 0 Å². The fourth-order valence-electron chi connectivity index (χ4n) is 2.45. The highest BCUT2D eigenvalue weighted by Crippen LogP contribution is 2.25. The van der Waals surface area contributed by atoms with Crippen molar-refractivity contribution in [2.75, 3.05) is 40.8 Å². The van der Waals surface area contributed by atoms with Gasteiger partial charge in [-0.2, -0.15) is 0 Å². The molecule has 0 saturated heterocycles. The number of amides is 1. The summed E-state index contributed by atoms with van der Waals surface area (Å²) in [6, 6.07) is 5.82. The summed E-state index contributed by atoms with van der Waals surface area (Å²) in [5.41, 5.74) is -0.0600. The summed E-state index contributed by atoms with van der Waals surface area (Å²) in [6.07, 6.45) is -1.53. The van der Waals surface area contributed by atoms with E-state index in [4.69, 9.17) is 28.4 Å². The van der Waals surface area contributed by atoms with Crippen LogP contribution >= 0.6 is 0 Å². The molecule has 170 valence electrons. The van der Waals surface area contributed by atoms with Gasteiger partial charge in [0, 0.05) is 14.2 Å². The number of benzene rings is 1. The predicted octanol–water partition coefficient (Wildman–Crippen LogP) is 2.83. The first-order valence-corrected chi connectivity index (χ1v) is 9.70. The lowest BCUT2D eigenvalue weighted by Crippen LogP contribution is -2.48. The first-order valence-electron chi connectivity index (χ1n) is 9.70. The molecule has 1 aromatic carbocycles. The lowest BCUT2D eigenvalue weighted by Gasteiger charge is -2.27. The molecule has 2 atom stereocenters. The second kappa shape index (κ2) is 13.0. The molecule has 0 radical (unpaired) electrons. The molecule has 1 aromatic rings. The third-order valence-corrected chi connectivity index (χ3v) is 3.72. The number of carbonyl (C=O) groups is 2. The summed E-state index contributed by atoms with van der Waals surface area (Å²) in [6.45, 7) is 8.05. The fourth-order valence-corrected chi connectivity index (χ4v) is 2.45. The Morgan fingerprint density at radius 2 is 1.73 bits per heavy atom. The maximum absolute atomic E-state index is 12.5. The molecular formula is C21H33NO8. The van der Waals surface area contributed by atoms with Gasteiger partial charge in [0.15, 0.2) is 12.8 Å².